The smallest absolute Gasteiger partial charge is 0.191 e. The zero-order chi connectivity index (χ0) is 14.2. The van der Waals surface area contributed by atoms with Gasteiger partial charge in [-0.25, -0.2) is 4.98 Å². The van der Waals surface area contributed by atoms with Gasteiger partial charge in [-0.15, -0.1) is 35.3 Å². The molecule has 0 fully saturated rings. The van der Waals surface area contributed by atoms with Crippen molar-refractivity contribution in [3.8, 4) is 0 Å². The number of halogens is 1. The molecule has 0 unspecified atom stereocenters. The quantitative estimate of drug-likeness (QED) is 0.429. The van der Waals surface area contributed by atoms with Gasteiger partial charge in [0.2, 0.25) is 0 Å². The fraction of sp³-hybridized carbons (Fsp3) is 0.429. The van der Waals surface area contributed by atoms with E-state index in [2.05, 4.69) is 26.0 Å². The molecule has 0 bridgehead atoms. The molecule has 0 aliphatic heterocycles. The second kappa shape index (κ2) is 9.78. The monoisotopic (exact) mass is 420 g/mol. The summed E-state index contributed by atoms with van der Waals surface area (Å²) in [6, 6.07) is 3.88. The first-order valence-electron chi connectivity index (χ1n) is 6.66. The van der Waals surface area contributed by atoms with E-state index >= 15 is 0 Å². The maximum Gasteiger partial charge on any atom is 0.191 e. The molecule has 21 heavy (non-hydrogen) atoms. The summed E-state index contributed by atoms with van der Waals surface area (Å²) in [6.07, 6.45) is 3.44. The van der Waals surface area contributed by atoms with Crippen LogP contribution in [0.1, 0.15) is 16.5 Å². The third kappa shape index (κ3) is 6.47. The van der Waals surface area contributed by atoms with Crippen molar-refractivity contribution in [2.75, 3.05) is 20.1 Å². The predicted octanol–water partition coefficient (Wildman–Crippen LogP) is 2.61. The minimum atomic E-state index is 0. The lowest BCUT2D eigenvalue weighted by Gasteiger charge is -2.10. The number of furan rings is 1. The van der Waals surface area contributed by atoms with Crippen molar-refractivity contribution in [2.45, 2.75) is 19.8 Å². The van der Waals surface area contributed by atoms with Gasteiger partial charge in [0.1, 0.15) is 5.76 Å². The number of nitrogens with one attached hydrogen (secondary N) is 2. The lowest BCUT2D eigenvalue weighted by Crippen LogP contribution is -2.39. The highest BCUT2D eigenvalue weighted by Crippen LogP contribution is 2.07. The topological polar surface area (TPSA) is 62.5 Å². The SMILES string of the molecule is CN=C(NCCc1csc(C)n1)NCCc1ccco1.I. The summed E-state index contributed by atoms with van der Waals surface area (Å²) in [7, 11) is 1.77. The Morgan fingerprint density at radius 2 is 2.10 bits per heavy atom. The second-order valence-corrected chi connectivity index (χ2v) is 5.43. The molecule has 0 amide bonds. The van der Waals surface area contributed by atoms with Crippen LogP contribution < -0.4 is 10.6 Å². The first kappa shape index (κ1) is 18.0. The van der Waals surface area contributed by atoms with Crippen LogP contribution in [0.25, 0.3) is 0 Å². The van der Waals surface area contributed by atoms with E-state index in [1.165, 1.54) is 0 Å². The number of aliphatic imine (C=N–C) groups is 1. The van der Waals surface area contributed by atoms with Crippen LogP contribution in [0.5, 0.6) is 0 Å². The normalized spacial score (nSPS) is 11.0. The molecule has 0 saturated carbocycles. The van der Waals surface area contributed by atoms with Gasteiger partial charge in [0, 0.05) is 38.4 Å². The maximum absolute atomic E-state index is 5.28. The summed E-state index contributed by atoms with van der Waals surface area (Å²) in [5, 5.41) is 9.75. The summed E-state index contributed by atoms with van der Waals surface area (Å²) < 4.78 is 5.28. The molecule has 2 rings (SSSR count). The zero-order valence-electron chi connectivity index (χ0n) is 12.3. The molecule has 0 aliphatic rings. The lowest BCUT2D eigenvalue weighted by molar-refractivity contribution is 0.507. The molecule has 0 radical (unpaired) electrons. The van der Waals surface area contributed by atoms with Gasteiger partial charge in [-0.1, -0.05) is 0 Å². The second-order valence-electron chi connectivity index (χ2n) is 4.36. The van der Waals surface area contributed by atoms with Crippen LogP contribution in [0.2, 0.25) is 0 Å². The first-order valence-corrected chi connectivity index (χ1v) is 7.54. The molecule has 116 valence electrons. The Morgan fingerprint density at radius 3 is 2.67 bits per heavy atom. The van der Waals surface area contributed by atoms with Crippen molar-refractivity contribution in [3.05, 3.63) is 40.2 Å². The fourth-order valence-electron chi connectivity index (χ4n) is 1.81. The van der Waals surface area contributed by atoms with Gasteiger partial charge in [0.15, 0.2) is 5.96 Å². The third-order valence-corrected chi connectivity index (χ3v) is 3.63. The summed E-state index contributed by atoms with van der Waals surface area (Å²) in [5.74, 6) is 1.79. The number of aryl methyl sites for hydroxylation is 1. The Hall–Kier alpha value is -1.09. The molecule has 2 heterocycles. The van der Waals surface area contributed by atoms with Crippen molar-refractivity contribution in [3.63, 3.8) is 0 Å². The summed E-state index contributed by atoms with van der Waals surface area (Å²) in [5.41, 5.74) is 1.13. The number of aromatic nitrogens is 1. The molecule has 2 aromatic heterocycles. The molecular weight excluding hydrogens is 399 g/mol. The first-order chi connectivity index (χ1) is 9.78. The largest absolute Gasteiger partial charge is 0.469 e. The Morgan fingerprint density at radius 1 is 1.33 bits per heavy atom. The van der Waals surface area contributed by atoms with Crippen LogP contribution in [-0.2, 0) is 12.8 Å². The van der Waals surface area contributed by atoms with Crippen molar-refractivity contribution < 1.29 is 4.42 Å². The fourth-order valence-corrected chi connectivity index (χ4v) is 2.46. The molecule has 5 nitrogen and oxygen atoms in total. The number of guanidine groups is 1. The Balaban J connectivity index is 0.00000220. The van der Waals surface area contributed by atoms with Crippen molar-refractivity contribution in [2.24, 2.45) is 4.99 Å². The van der Waals surface area contributed by atoms with Crippen LogP contribution in [-0.4, -0.2) is 31.1 Å². The van der Waals surface area contributed by atoms with E-state index in [9.17, 15) is 0 Å². The highest BCUT2D eigenvalue weighted by atomic mass is 127. The molecule has 2 aromatic rings. The van der Waals surface area contributed by atoms with E-state index in [1.54, 1.807) is 24.6 Å². The van der Waals surface area contributed by atoms with E-state index in [1.807, 2.05) is 19.1 Å². The van der Waals surface area contributed by atoms with Gasteiger partial charge in [-0.3, -0.25) is 4.99 Å². The van der Waals surface area contributed by atoms with E-state index in [0.29, 0.717) is 0 Å². The van der Waals surface area contributed by atoms with Crippen LogP contribution in [0.15, 0.2) is 33.2 Å². The minimum absolute atomic E-state index is 0. The third-order valence-electron chi connectivity index (χ3n) is 2.81. The van der Waals surface area contributed by atoms with E-state index in [-0.39, 0.29) is 24.0 Å². The van der Waals surface area contributed by atoms with Crippen LogP contribution >= 0.6 is 35.3 Å². The Kier molecular flexibility index (Phi) is 8.36. The highest BCUT2D eigenvalue weighted by molar-refractivity contribution is 14.0. The van der Waals surface area contributed by atoms with Crippen molar-refractivity contribution in [1.82, 2.24) is 15.6 Å². The van der Waals surface area contributed by atoms with E-state index in [0.717, 1.165) is 48.4 Å². The molecular formula is C14H21IN4OS. The molecule has 0 aromatic carbocycles. The Labute approximate surface area is 146 Å². The Bertz CT molecular complexity index is 539. The lowest BCUT2D eigenvalue weighted by atomic mass is 10.3. The average molecular weight is 420 g/mol. The maximum atomic E-state index is 5.28. The van der Waals surface area contributed by atoms with E-state index < -0.39 is 0 Å². The molecule has 0 saturated heterocycles. The molecule has 7 heteroatoms. The molecule has 0 spiro atoms. The highest BCUT2D eigenvalue weighted by Gasteiger charge is 2.01. The van der Waals surface area contributed by atoms with Gasteiger partial charge in [0.25, 0.3) is 0 Å². The van der Waals surface area contributed by atoms with Gasteiger partial charge >= 0.3 is 0 Å². The van der Waals surface area contributed by atoms with Gasteiger partial charge < -0.3 is 15.1 Å². The standard InChI is InChI=1S/C14H20N4OS.HI/c1-11-18-12(10-20-11)5-7-16-14(15-2)17-8-6-13-4-3-9-19-13;/h3-4,9-10H,5-8H2,1-2H3,(H2,15,16,17);1H. The van der Waals surface area contributed by atoms with Crippen molar-refractivity contribution in [1.29, 1.82) is 0 Å². The number of nitrogens with zero attached hydrogens (tertiary/aromatic N) is 2. The zero-order valence-corrected chi connectivity index (χ0v) is 15.4. The van der Waals surface area contributed by atoms with Crippen molar-refractivity contribution >= 4 is 41.3 Å². The molecule has 0 atom stereocenters. The summed E-state index contributed by atoms with van der Waals surface area (Å²) in [6.45, 7) is 3.64. The predicted molar refractivity (Wildman–Crippen MR) is 97.7 cm³/mol. The summed E-state index contributed by atoms with van der Waals surface area (Å²) >= 11 is 1.69. The molecule has 2 N–H and O–H groups in total. The van der Waals surface area contributed by atoms with Crippen LogP contribution in [0.3, 0.4) is 0 Å². The summed E-state index contributed by atoms with van der Waals surface area (Å²) in [4.78, 5) is 8.62. The van der Waals surface area contributed by atoms with E-state index in [4.69, 9.17) is 4.42 Å². The number of hydrogen-bond acceptors (Lipinski definition) is 4. The van der Waals surface area contributed by atoms with Gasteiger partial charge in [-0.2, -0.15) is 0 Å². The average Bonchev–Trinajstić information content (AvgIpc) is 3.09. The van der Waals surface area contributed by atoms with Gasteiger partial charge in [0.05, 0.1) is 17.0 Å². The van der Waals surface area contributed by atoms with Crippen LogP contribution in [0.4, 0.5) is 0 Å². The number of rotatable bonds is 6. The number of hydrogen-bond donors (Lipinski definition) is 2. The van der Waals surface area contributed by atoms with Gasteiger partial charge in [-0.05, 0) is 19.1 Å². The van der Waals surface area contributed by atoms with Crippen LogP contribution in [0, 0.1) is 6.92 Å². The molecule has 0 aliphatic carbocycles. The minimum Gasteiger partial charge on any atom is -0.469 e. The number of thiazole rings is 1.